The quantitative estimate of drug-likeness (QED) is 0.147. The van der Waals surface area contributed by atoms with E-state index in [0.29, 0.717) is 46.2 Å². The fourth-order valence-corrected chi connectivity index (χ4v) is 5.73. The minimum atomic E-state index is -0.979. The molecule has 7 rings (SSSR count). The van der Waals surface area contributed by atoms with Gasteiger partial charge in [-0.25, -0.2) is 8.78 Å². The van der Waals surface area contributed by atoms with Gasteiger partial charge in [0.1, 0.15) is 23.7 Å². The number of H-pyrrole nitrogens is 1. The van der Waals surface area contributed by atoms with E-state index in [2.05, 4.69) is 36.6 Å². The zero-order valence-electron chi connectivity index (χ0n) is 25.5. The standard InChI is InChI=1S/C34H31F2N7O3.2ClH/c35-29-7-4-21(16-30(29)36)27-15-23(5-8-31(27)45-25-10-12-37-18-25)34(44)39-24-6-9-32(46-26-11-13-38-19-26)28(17-24)20-2-1-3-22(14-20)33-40-42-43-41-33;;/h1-9,14-17,25-26,37-38H,10-13,18-19H2,(H,39,44)(H,40,41,42,43);2*1H/t25-,26-;;/m0../s1. The molecule has 5 aromatic rings. The topological polar surface area (TPSA) is 126 Å². The third kappa shape index (κ3) is 7.74. The Balaban J connectivity index is 0.00000225. The summed E-state index contributed by atoms with van der Waals surface area (Å²) in [6.07, 6.45) is 1.66. The number of ether oxygens (including phenoxy) is 2. The van der Waals surface area contributed by atoms with Crippen LogP contribution in [0, 0.1) is 11.6 Å². The van der Waals surface area contributed by atoms with Crippen molar-refractivity contribution in [2.24, 2.45) is 0 Å². The van der Waals surface area contributed by atoms with Crippen LogP contribution in [0.1, 0.15) is 23.2 Å². The number of hydrogen-bond acceptors (Lipinski definition) is 8. The zero-order valence-corrected chi connectivity index (χ0v) is 27.2. The van der Waals surface area contributed by atoms with Crippen LogP contribution in [0.4, 0.5) is 14.5 Å². The average Bonchev–Trinajstić information content (AvgIpc) is 3.89. The number of benzene rings is 4. The summed E-state index contributed by atoms with van der Waals surface area (Å²) in [4.78, 5) is 13.6. The van der Waals surface area contributed by atoms with Crippen molar-refractivity contribution in [1.82, 2.24) is 31.3 Å². The van der Waals surface area contributed by atoms with E-state index in [1.54, 1.807) is 24.3 Å². The third-order valence-electron chi connectivity index (χ3n) is 8.10. The Morgan fingerprint density at radius 3 is 2.06 bits per heavy atom. The fraction of sp³-hybridized carbons (Fsp3) is 0.235. The second-order valence-corrected chi connectivity index (χ2v) is 11.3. The van der Waals surface area contributed by atoms with Crippen molar-refractivity contribution >= 4 is 36.4 Å². The maximum atomic E-state index is 14.3. The molecule has 2 aliphatic rings. The van der Waals surface area contributed by atoms with Crippen molar-refractivity contribution in [1.29, 1.82) is 0 Å². The summed E-state index contributed by atoms with van der Waals surface area (Å²) in [7, 11) is 0. The lowest BCUT2D eigenvalue weighted by Crippen LogP contribution is -2.20. The second-order valence-electron chi connectivity index (χ2n) is 11.3. The lowest BCUT2D eigenvalue weighted by Gasteiger charge is -2.19. The highest BCUT2D eigenvalue weighted by atomic mass is 35.5. The first kappa shape index (κ1) is 34.7. The van der Waals surface area contributed by atoms with Crippen molar-refractivity contribution in [3.05, 3.63) is 96.1 Å². The highest BCUT2D eigenvalue weighted by Gasteiger charge is 2.22. The summed E-state index contributed by atoms with van der Waals surface area (Å²) in [5.41, 5.74) is 4.18. The molecule has 4 aromatic carbocycles. The Bertz CT molecular complexity index is 1870. The molecule has 1 aromatic heterocycles. The molecule has 14 heteroatoms. The van der Waals surface area contributed by atoms with E-state index in [4.69, 9.17) is 9.47 Å². The summed E-state index contributed by atoms with van der Waals surface area (Å²) >= 11 is 0. The smallest absolute Gasteiger partial charge is 0.255 e. The van der Waals surface area contributed by atoms with Crippen LogP contribution in [0.3, 0.4) is 0 Å². The minimum Gasteiger partial charge on any atom is -0.488 e. The van der Waals surface area contributed by atoms with Gasteiger partial charge in [0.25, 0.3) is 5.91 Å². The van der Waals surface area contributed by atoms with Crippen molar-refractivity contribution in [2.75, 3.05) is 31.5 Å². The average molecular weight is 697 g/mol. The van der Waals surface area contributed by atoms with Crippen molar-refractivity contribution < 1.29 is 23.0 Å². The van der Waals surface area contributed by atoms with E-state index in [9.17, 15) is 13.6 Å². The number of rotatable bonds is 9. The van der Waals surface area contributed by atoms with E-state index in [0.717, 1.165) is 61.3 Å². The molecule has 2 aliphatic heterocycles. The van der Waals surface area contributed by atoms with Crippen LogP contribution in [-0.2, 0) is 0 Å². The molecule has 250 valence electrons. The highest BCUT2D eigenvalue weighted by molar-refractivity contribution is 6.05. The van der Waals surface area contributed by atoms with Gasteiger partial charge in [-0.3, -0.25) is 4.79 Å². The van der Waals surface area contributed by atoms with E-state index in [-0.39, 0.29) is 42.9 Å². The lowest BCUT2D eigenvalue weighted by atomic mass is 10.00. The number of nitrogens with zero attached hydrogens (tertiary/aromatic N) is 3. The Kier molecular flexibility index (Phi) is 11.2. The second kappa shape index (κ2) is 15.5. The number of tetrazole rings is 1. The van der Waals surface area contributed by atoms with Gasteiger partial charge in [0.15, 0.2) is 11.6 Å². The molecule has 48 heavy (non-hydrogen) atoms. The van der Waals surface area contributed by atoms with Crippen LogP contribution in [0.5, 0.6) is 11.5 Å². The van der Waals surface area contributed by atoms with Gasteiger partial charge in [0.05, 0.1) is 0 Å². The summed E-state index contributed by atoms with van der Waals surface area (Å²) in [5.74, 6) is -0.674. The molecule has 4 N–H and O–H groups in total. The Hall–Kier alpha value is -4.62. The van der Waals surface area contributed by atoms with Crippen LogP contribution in [-0.4, -0.2) is 64.9 Å². The van der Waals surface area contributed by atoms with E-state index >= 15 is 0 Å². The van der Waals surface area contributed by atoms with E-state index in [1.165, 1.54) is 6.07 Å². The predicted octanol–water partition coefficient (Wildman–Crippen LogP) is 6.06. The normalized spacial score (nSPS) is 16.9. The lowest BCUT2D eigenvalue weighted by molar-refractivity contribution is 0.102. The maximum Gasteiger partial charge on any atom is 0.255 e. The van der Waals surface area contributed by atoms with Crippen molar-refractivity contribution in [2.45, 2.75) is 25.0 Å². The summed E-state index contributed by atoms with van der Waals surface area (Å²) in [5, 5.41) is 23.9. The van der Waals surface area contributed by atoms with Gasteiger partial charge in [-0.15, -0.1) is 35.0 Å². The van der Waals surface area contributed by atoms with Crippen molar-refractivity contribution in [3.63, 3.8) is 0 Å². The summed E-state index contributed by atoms with van der Waals surface area (Å²) in [6, 6.07) is 21.9. The molecule has 0 spiro atoms. The monoisotopic (exact) mass is 695 g/mol. The Labute approximate surface area is 287 Å². The predicted molar refractivity (Wildman–Crippen MR) is 183 cm³/mol. The fourth-order valence-electron chi connectivity index (χ4n) is 5.73. The van der Waals surface area contributed by atoms with Gasteiger partial charge in [0, 0.05) is 41.0 Å². The number of halogens is 4. The molecular formula is C34H33Cl2F2N7O3. The number of aromatic nitrogens is 4. The van der Waals surface area contributed by atoms with Crippen LogP contribution < -0.4 is 25.4 Å². The molecule has 10 nitrogen and oxygen atoms in total. The largest absolute Gasteiger partial charge is 0.488 e. The van der Waals surface area contributed by atoms with Crippen molar-refractivity contribution in [3.8, 4) is 45.1 Å². The molecule has 1 amide bonds. The Morgan fingerprint density at radius 1 is 0.750 bits per heavy atom. The number of anilines is 1. The number of nitrogens with one attached hydrogen (secondary N) is 4. The SMILES string of the molecule is Cl.Cl.O=C(Nc1ccc(O[C@H]2CCNC2)c(-c2cccc(-c3nn[nH]n3)c2)c1)c1ccc(O[C@H]2CCNC2)c(-c2ccc(F)c(F)c2)c1. The van der Waals surface area contributed by atoms with Gasteiger partial charge < -0.3 is 25.4 Å². The number of aromatic amines is 1. The molecule has 0 bridgehead atoms. The van der Waals surface area contributed by atoms with Gasteiger partial charge >= 0.3 is 0 Å². The van der Waals surface area contributed by atoms with Crippen LogP contribution in [0.25, 0.3) is 33.6 Å². The first-order chi connectivity index (χ1) is 22.5. The number of carbonyl (C=O) groups excluding carboxylic acids is 1. The molecule has 0 radical (unpaired) electrons. The molecule has 2 atom stereocenters. The number of amides is 1. The molecule has 0 unspecified atom stereocenters. The molecule has 2 fully saturated rings. The van der Waals surface area contributed by atoms with Crippen LogP contribution in [0.15, 0.2) is 78.9 Å². The summed E-state index contributed by atoms with van der Waals surface area (Å²) < 4.78 is 40.6. The van der Waals surface area contributed by atoms with Gasteiger partial charge in [0.2, 0.25) is 5.82 Å². The first-order valence-corrected chi connectivity index (χ1v) is 15.1. The highest BCUT2D eigenvalue weighted by Crippen LogP contribution is 2.37. The van der Waals surface area contributed by atoms with E-state index in [1.807, 2.05) is 36.4 Å². The van der Waals surface area contributed by atoms with Crippen LogP contribution in [0.2, 0.25) is 0 Å². The maximum absolute atomic E-state index is 14.3. The number of carbonyl (C=O) groups is 1. The Morgan fingerprint density at radius 2 is 1.42 bits per heavy atom. The molecule has 3 heterocycles. The summed E-state index contributed by atoms with van der Waals surface area (Å²) in [6.45, 7) is 3.14. The number of hydrogen-bond donors (Lipinski definition) is 4. The molecular weight excluding hydrogens is 663 g/mol. The molecule has 0 saturated carbocycles. The zero-order chi connectivity index (χ0) is 31.5. The molecule has 0 aliphatic carbocycles. The van der Waals surface area contributed by atoms with Gasteiger partial charge in [-0.2, -0.15) is 5.21 Å². The van der Waals surface area contributed by atoms with E-state index < -0.39 is 11.6 Å². The van der Waals surface area contributed by atoms with Crippen LogP contribution >= 0.6 is 24.8 Å². The molecule has 2 saturated heterocycles. The third-order valence-corrected chi connectivity index (χ3v) is 8.10. The van der Waals surface area contributed by atoms with Gasteiger partial charge in [-0.05, 0) is 96.9 Å². The first-order valence-electron chi connectivity index (χ1n) is 15.1. The minimum absolute atomic E-state index is 0. The van der Waals surface area contributed by atoms with Gasteiger partial charge in [-0.1, -0.05) is 24.3 Å².